The number of fused-ring (bicyclic) bond motifs is 1. The van der Waals surface area contributed by atoms with Gasteiger partial charge in [0.05, 0.1) is 0 Å². The highest BCUT2D eigenvalue weighted by molar-refractivity contribution is 5.86. The molecule has 0 saturated carbocycles. The molecule has 0 saturated heterocycles. The van der Waals surface area contributed by atoms with Crippen LogP contribution in [0.2, 0.25) is 0 Å². The standard InChI is InChI=1S/C24H29N5/c25-14-5-4-11-21-16-22(23-24(26)27-17-28-29(21)23)20-10-6-9-19(15-20)13-12-18-7-2-1-3-8-18/h1-3,7-9,15-17H,4-6,10-14,25H2,(H2,26,27,28). The number of benzene rings is 1. The van der Waals surface area contributed by atoms with Crippen LogP contribution in [0.25, 0.3) is 11.1 Å². The van der Waals surface area contributed by atoms with Gasteiger partial charge in [-0.2, -0.15) is 5.10 Å². The zero-order chi connectivity index (χ0) is 20.1. The summed E-state index contributed by atoms with van der Waals surface area (Å²) in [6.45, 7) is 0.716. The third kappa shape index (κ3) is 4.40. The Morgan fingerprint density at radius 3 is 2.72 bits per heavy atom. The average molecular weight is 388 g/mol. The van der Waals surface area contributed by atoms with E-state index in [4.69, 9.17) is 11.5 Å². The van der Waals surface area contributed by atoms with Crippen molar-refractivity contribution in [1.29, 1.82) is 0 Å². The van der Waals surface area contributed by atoms with Crippen LogP contribution in [-0.4, -0.2) is 21.1 Å². The minimum Gasteiger partial charge on any atom is -0.382 e. The summed E-state index contributed by atoms with van der Waals surface area (Å²) in [4.78, 5) is 4.25. The molecule has 0 spiro atoms. The van der Waals surface area contributed by atoms with Crippen LogP contribution in [0.4, 0.5) is 5.82 Å². The molecule has 0 amide bonds. The molecule has 1 aliphatic rings. The summed E-state index contributed by atoms with van der Waals surface area (Å²) in [5.74, 6) is 0.543. The molecule has 150 valence electrons. The maximum atomic E-state index is 6.27. The second kappa shape index (κ2) is 9.05. The van der Waals surface area contributed by atoms with E-state index in [1.165, 1.54) is 28.0 Å². The average Bonchev–Trinajstić information content (AvgIpc) is 3.14. The predicted molar refractivity (Wildman–Crippen MR) is 119 cm³/mol. The number of hydrogen-bond acceptors (Lipinski definition) is 4. The van der Waals surface area contributed by atoms with Crippen LogP contribution < -0.4 is 11.5 Å². The van der Waals surface area contributed by atoms with Gasteiger partial charge >= 0.3 is 0 Å². The number of anilines is 1. The topological polar surface area (TPSA) is 82.2 Å². The number of aromatic nitrogens is 3. The molecule has 0 bridgehead atoms. The fourth-order valence-electron chi connectivity index (χ4n) is 4.09. The first-order chi connectivity index (χ1) is 14.3. The lowest BCUT2D eigenvalue weighted by Gasteiger charge is -2.14. The molecular weight excluding hydrogens is 358 g/mol. The van der Waals surface area contributed by atoms with Crippen molar-refractivity contribution >= 4 is 16.9 Å². The Morgan fingerprint density at radius 2 is 1.90 bits per heavy atom. The van der Waals surface area contributed by atoms with Crippen molar-refractivity contribution in [2.24, 2.45) is 5.73 Å². The second-order valence-electron chi connectivity index (χ2n) is 7.67. The van der Waals surface area contributed by atoms with Crippen molar-refractivity contribution in [2.75, 3.05) is 12.3 Å². The zero-order valence-corrected chi connectivity index (χ0v) is 16.8. The van der Waals surface area contributed by atoms with Gasteiger partial charge in [0, 0.05) is 11.3 Å². The number of aryl methyl sites for hydroxylation is 2. The summed E-state index contributed by atoms with van der Waals surface area (Å²) < 4.78 is 1.97. The summed E-state index contributed by atoms with van der Waals surface area (Å²) in [7, 11) is 0. The number of rotatable bonds is 8. The zero-order valence-electron chi connectivity index (χ0n) is 16.8. The first-order valence-corrected chi connectivity index (χ1v) is 10.5. The van der Waals surface area contributed by atoms with Crippen LogP contribution in [0.1, 0.15) is 48.9 Å². The molecule has 5 nitrogen and oxygen atoms in total. The van der Waals surface area contributed by atoms with Gasteiger partial charge in [0.25, 0.3) is 0 Å². The van der Waals surface area contributed by atoms with E-state index < -0.39 is 0 Å². The Bertz CT molecular complexity index is 1030. The SMILES string of the molecule is NCCCCc1cc(C2=CC(CCc3ccccc3)=CCC2)c2c(N)ncnn12. The molecule has 0 fully saturated rings. The van der Waals surface area contributed by atoms with Crippen molar-refractivity contribution in [3.05, 3.63) is 77.3 Å². The number of hydrogen-bond donors (Lipinski definition) is 2. The van der Waals surface area contributed by atoms with Crippen molar-refractivity contribution in [1.82, 2.24) is 14.6 Å². The maximum Gasteiger partial charge on any atom is 0.151 e. The Kier molecular flexibility index (Phi) is 6.06. The van der Waals surface area contributed by atoms with Gasteiger partial charge < -0.3 is 11.5 Å². The van der Waals surface area contributed by atoms with Gasteiger partial charge in [0.1, 0.15) is 11.8 Å². The van der Waals surface area contributed by atoms with Crippen molar-refractivity contribution in [2.45, 2.75) is 44.9 Å². The number of unbranched alkanes of at least 4 members (excludes halogenated alkanes) is 1. The first-order valence-electron chi connectivity index (χ1n) is 10.5. The van der Waals surface area contributed by atoms with E-state index in [2.05, 4.69) is 58.6 Å². The van der Waals surface area contributed by atoms with Crippen molar-refractivity contribution in [3.8, 4) is 0 Å². The van der Waals surface area contributed by atoms with Crippen LogP contribution in [0, 0.1) is 0 Å². The van der Waals surface area contributed by atoms with Crippen molar-refractivity contribution < 1.29 is 0 Å². The minimum atomic E-state index is 0.543. The second-order valence-corrected chi connectivity index (χ2v) is 7.67. The lowest BCUT2D eigenvalue weighted by Crippen LogP contribution is -2.04. The molecule has 29 heavy (non-hydrogen) atoms. The Labute approximate surface area is 172 Å². The quantitative estimate of drug-likeness (QED) is 0.564. The molecule has 4 rings (SSSR count). The predicted octanol–water partition coefficient (Wildman–Crippen LogP) is 4.33. The lowest BCUT2D eigenvalue weighted by molar-refractivity contribution is 0.711. The molecule has 0 radical (unpaired) electrons. The van der Waals surface area contributed by atoms with Gasteiger partial charge in [-0.15, -0.1) is 0 Å². The van der Waals surface area contributed by atoms with Gasteiger partial charge in [-0.3, -0.25) is 0 Å². The van der Waals surface area contributed by atoms with E-state index in [0.29, 0.717) is 12.4 Å². The molecule has 0 atom stereocenters. The lowest BCUT2D eigenvalue weighted by atomic mass is 9.91. The fraction of sp³-hybridized carbons (Fsp3) is 0.333. The molecule has 2 heterocycles. The van der Waals surface area contributed by atoms with Gasteiger partial charge in [0.15, 0.2) is 5.82 Å². The third-order valence-corrected chi connectivity index (χ3v) is 5.61. The molecule has 3 aromatic rings. The Balaban J connectivity index is 1.61. The van der Waals surface area contributed by atoms with Gasteiger partial charge in [-0.25, -0.2) is 9.50 Å². The summed E-state index contributed by atoms with van der Waals surface area (Å²) in [6.07, 6.45) is 13.4. The highest BCUT2D eigenvalue weighted by Gasteiger charge is 2.18. The van der Waals surface area contributed by atoms with Crippen molar-refractivity contribution in [3.63, 3.8) is 0 Å². The van der Waals surface area contributed by atoms with E-state index in [9.17, 15) is 0 Å². The molecular formula is C24H29N5. The number of nitrogen functional groups attached to an aromatic ring is 1. The summed E-state index contributed by atoms with van der Waals surface area (Å²) in [6, 6.07) is 12.9. The van der Waals surface area contributed by atoms with Gasteiger partial charge in [0.2, 0.25) is 0 Å². The summed E-state index contributed by atoms with van der Waals surface area (Å²) in [5.41, 5.74) is 19.3. The van der Waals surface area contributed by atoms with Gasteiger partial charge in [-0.05, 0) is 68.7 Å². The smallest absolute Gasteiger partial charge is 0.151 e. The first kappa shape index (κ1) is 19.4. The largest absolute Gasteiger partial charge is 0.382 e. The number of nitrogens with two attached hydrogens (primary N) is 2. The summed E-state index contributed by atoms with van der Waals surface area (Å²) >= 11 is 0. The molecule has 0 unspecified atom stereocenters. The van der Waals surface area contributed by atoms with Crippen LogP contribution in [0.15, 0.2) is 60.5 Å². The van der Waals surface area contributed by atoms with Crippen LogP contribution >= 0.6 is 0 Å². The molecule has 5 heteroatoms. The summed E-state index contributed by atoms with van der Waals surface area (Å²) in [5, 5.41) is 4.48. The Morgan fingerprint density at radius 1 is 1.03 bits per heavy atom. The van der Waals surface area contributed by atoms with Crippen LogP contribution in [0.5, 0.6) is 0 Å². The molecule has 4 N–H and O–H groups in total. The molecule has 2 aromatic heterocycles. The van der Waals surface area contributed by atoms with Crippen LogP contribution in [-0.2, 0) is 12.8 Å². The number of nitrogens with zero attached hydrogens (tertiary/aromatic N) is 3. The monoisotopic (exact) mass is 387 g/mol. The number of allylic oxidation sites excluding steroid dienone is 4. The van der Waals surface area contributed by atoms with E-state index in [0.717, 1.165) is 50.5 Å². The van der Waals surface area contributed by atoms with E-state index >= 15 is 0 Å². The molecule has 1 aromatic carbocycles. The molecule has 0 aliphatic heterocycles. The normalized spacial score (nSPS) is 14.1. The van der Waals surface area contributed by atoms with E-state index in [1.807, 2.05) is 4.52 Å². The fourth-order valence-corrected chi connectivity index (χ4v) is 4.09. The maximum absolute atomic E-state index is 6.27. The highest BCUT2D eigenvalue weighted by atomic mass is 15.3. The minimum absolute atomic E-state index is 0.543. The van der Waals surface area contributed by atoms with E-state index in [-0.39, 0.29) is 0 Å². The Hall–Kier alpha value is -2.92. The molecule has 1 aliphatic carbocycles. The van der Waals surface area contributed by atoms with Gasteiger partial charge in [-0.1, -0.05) is 48.1 Å². The van der Waals surface area contributed by atoms with Crippen LogP contribution in [0.3, 0.4) is 0 Å². The third-order valence-electron chi connectivity index (χ3n) is 5.61. The highest BCUT2D eigenvalue weighted by Crippen LogP contribution is 2.34. The van der Waals surface area contributed by atoms with E-state index in [1.54, 1.807) is 6.33 Å².